The minimum Gasteiger partial charge on any atom is -0.477 e. The summed E-state index contributed by atoms with van der Waals surface area (Å²) in [6.07, 6.45) is 1.31. The van der Waals surface area contributed by atoms with Crippen molar-refractivity contribution in [1.29, 1.82) is 0 Å². The van der Waals surface area contributed by atoms with Crippen LogP contribution in [0.2, 0.25) is 0 Å². The first-order valence-corrected chi connectivity index (χ1v) is 9.25. The fourth-order valence-electron chi connectivity index (χ4n) is 3.00. The van der Waals surface area contributed by atoms with Crippen LogP contribution in [-0.4, -0.2) is 31.5 Å². The Morgan fingerprint density at radius 2 is 2.12 bits per heavy atom. The number of amides is 2. The van der Waals surface area contributed by atoms with Crippen molar-refractivity contribution in [2.75, 3.05) is 18.5 Å². The normalized spacial score (nSPS) is 16.1. The molecule has 25 heavy (non-hydrogen) atoms. The fourth-order valence-corrected chi connectivity index (χ4v) is 4.02. The number of anilines is 1. The van der Waals surface area contributed by atoms with Crippen molar-refractivity contribution in [2.45, 2.75) is 32.8 Å². The van der Waals surface area contributed by atoms with E-state index in [1.165, 1.54) is 21.8 Å². The first-order valence-electron chi connectivity index (χ1n) is 8.43. The third kappa shape index (κ3) is 3.39. The third-order valence-corrected chi connectivity index (χ3v) is 5.39. The summed E-state index contributed by atoms with van der Waals surface area (Å²) in [5, 5.41) is 2.60. The number of ether oxygens (including phenoxy) is 1. The topological polar surface area (TPSA) is 58.6 Å². The van der Waals surface area contributed by atoms with Gasteiger partial charge in [-0.1, -0.05) is 25.5 Å². The van der Waals surface area contributed by atoms with Gasteiger partial charge in [-0.05, 0) is 37.1 Å². The van der Waals surface area contributed by atoms with Crippen LogP contribution in [0.4, 0.5) is 5.69 Å². The highest BCUT2D eigenvalue weighted by atomic mass is 32.1. The number of nitrogens with one attached hydrogen (secondary N) is 1. The molecule has 0 saturated carbocycles. The van der Waals surface area contributed by atoms with Crippen LogP contribution in [0.3, 0.4) is 0 Å². The molecule has 0 radical (unpaired) electrons. The lowest BCUT2D eigenvalue weighted by Gasteiger charge is -2.33. The molecule has 0 aliphatic carbocycles. The largest absolute Gasteiger partial charge is 0.477 e. The van der Waals surface area contributed by atoms with Gasteiger partial charge in [0.05, 0.1) is 17.1 Å². The summed E-state index contributed by atoms with van der Waals surface area (Å²) in [6.45, 7) is 4.38. The second-order valence-electron chi connectivity index (χ2n) is 6.05. The van der Waals surface area contributed by atoms with E-state index in [2.05, 4.69) is 12.2 Å². The number of hydrogen-bond donors (Lipinski definition) is 1. The van der Waals surface area contributed by atoms with Crippen LogP contribution in [0.1, 0.15) is 33.5 Å². The van der Waals surface area contributed by atoms with Gasteiger partial charge >= 0.3 is 0 Å². The van der Waals surface area contributed by atoms with Crippen LogP contribution >= 0.6 is 11.3 Å². The van der Waals surface area contributed by atoms with Gasteiger partial charge in [0.2, 0.25) is 0 Å². The Hall–Kier alpha value is -2.34. The molecule has 1 aliphatic rings. The molecule has 132 valence electrons. The van der Waals surface area contributed by atoms with E-state index in [4.69, 9.17) is 4.74 Å². The molecule has 2 amide bonds. The first-order chi connectivity index (χ1) is 12.0. The van der Waals surface area contributed by atoms with Gasteiger partial charge in [0.25, 0.3) is 11.8 Å². The zero-order valence-corrected chi connectivity index (χ0v) is 15.5. The van der Waals surface area contributed by atoms with Gasteiger partial charge in [0.15, 0.2) is 6.10 Å². The monoisotopic (exact) mass is 358 g/mol. The van der Waals surface area contributed by atoms with Gasteiger partial charge in [-0.3, -0.25) is 14.5 Å². The zero-order chi connectivity index (χ0) is 18.0. The second kappa shape index (κ2) is 7.27. The van der Waals surface area contributed by atoms with Crippen LogP contribution in [0.5, 0.6) is 5.75 Å². The van der Waals surface area contributed by atoms with Gasteiger partial charge in [-0.2, -0.15) is 0 Å². The molecule has 2 aromatic rings. The van der Waals surface area contributed by atoms with Crippen molar-refractivity contribution in [3.63, 3.8) is 0 Å². The molecule has 0 spiro atoms. The molecule has 0 saturated heterocycles. The van der Waals surface area contributed by atoms with Crippen molar-refractivity contribution in [3.8, 4) is 5.75 Å². The highest BCUT2D eigenvalue weighted by molar-refractivity contribution is 7.14. The average Bonchev–Trinajstić information content (AvgIpc) is 3.00. The van der Waals surface area contributed by atoms with E-state index in [9.17, 15) is 9.59 Å². The van der Waals surface area contributed by atoms with Crippen molar-refractivity contribution in [1.82, 2.24) is 5.32 Å². The van der Waals surface area contributed by atoms with E-state index >= 15 is 0 Å². The molecule has 6 heteroatoms. The maximum absolute atomic E-state index is 13.1. The van der Waals surface area contributed by atoms with E-state index < -0.39 is 6.10 Å². The number of fused-ring (bicyclic) bond motifs is 1. The molecule has 0 fully saturated rings. The lowest BCUT2D eigenvalue weighted by atomic mass is 10.1. The number of carbonyl (C=O) groups excluding carboxylic acids is 2. The smallest absolute Gasteiger partial charge is 0.268 e. The quantitative estimate of drug-likeness (QED) is 0.913. The minimum atomic E-state index is -0.708. The number of likely N-dealkylation sites (N-methyl/N-ethyl adjacent to an activating group) is 1. The lowest BCUT2D eigenvalue weighted by molar-refractivity contribution is -0.127. The molecule has 0 unspecified atom stereocenters. The zero-order valence-electron chi connectivity index (χ0n) is 14.7. The Kier molecular flexibility index (Phi) is 5.08. The Bertz CT molecular complexity index is 800. The highest BCUT2D eigenvalue weighted by Gasteiger charge is 2.34. The fraction of sp³-hybridized carbons (Fsp3) is 0.368. The van der Waals surface area contributed by atoms with Crippen molar-refractivity contribution in [2.24, 2.45) is 0 Å². The SMILES string of the molecule is CCCc1cc(C(=O)N2C[C@H](C(=O)NC)Oc3ccccc32)sc1C. The number of carbonyl (C=O) groups is 2. The Balaban J connectivity index is 1.95. The summed E-state index contributed by atoms with van der Waals surface area (Å²) < 4.78 is 5.77. The van der Waals surface area contributed by atoms with Crippen molar-refractivity contribution >= 4 is 28.8 Å². The molecule has 0 bridgehead atoms. The molecular weight excluding hydrogens is 336 g/mol. The summed E-state index contributed by atoms with van der Waals surface area (Å²) in [5.74, 6) is 0.235. The molecule has 2 heterocycles. The van der Waals surface area contributed by atoms with Crippen molar-refractivity contribution < 1.29 is 14.3 Å². The van der Waals surface area contributed by atoms with Crippen LogP contribution in [0.15, 0.2) is 30.3 Å². The number of aryl methyl sites for hydroxylation is 2. The maximum atomic E-state index is 13.1. The molecule has 1 aromatic carbocycles. The van der Waals surface area contributed by atoms with Crippen LogP contribution in [0.25, 0.3) is 0 Å². The van der Waals surface area contributed by atoms with Gasteiger partial charge in [0, 0.05) is 11.9 Å². The van der Waals surface area contributed by atoms with Gasteiger partial charge in [0.1, 0.15) is 5.75 Å². The third-order valence-electron chi connectivity index (χ3n) is 4.31. The summed E-state index contributed by atoms with van der Waals surface area (Å²) >= 11 is 1.51. The molecule has 1 aromatic heterocycles. The molecule has 1 atom stereocenters. The Labute approximate surface area is 151 Å². The summed E-state index contributed by atoms with van der Waals surface area (Å²) in [7, 11) is 1.57. The van der Waals surface area contributed by atoms with Gasteiger partial charge in [-0.25, -0.2) is 0 Å². The van der Waals surface area contributed by atoms with Crippen LogP contribution in [-0.2, 0) is 11.2 Å². The van der Waals surface area contributed by atoms with E-state index in [1.54, 1.807) is 18.0 Å². The number of benzene rings is 1. The average molecular weight is 358 g/mol. The first kappa shape index (κ1) is 17.5. The number of para-hydroxylation sites is 2. The van der Waals surface area contributed by atoms with Crippen LogP contribution in [0, 0.1) is 6.92 Å². The Morgan fingerprint density at radius 1 is 1.36 bits per heavy atom. The Morgan fingerprint density at radius 3 is 2.84 bits per heavy atom. The van der Waals surface area contributed by atoms with Gasteiger partial charge in [-0.15, -0.1) is 11.3 Å². The van der Waals surface area contributed by atoms with E-state index in [1.807, 2.05) is 31.2 Å². The molecule has 3 rings (SSSR count). The maximum Gasteiger partial charge on any atom is 0.268 e. The molecule has 5 nitrogen and oxygen atoms in total. The van der Waals surface area contributed by atoms with Crippen molar-refractivity contribution in [3.05, 3.63) is 45.6 Å². The van der Waals surface area contributed by atoms with Gasteiger partial charge < -0.3 is 10.1 Å². The number of rotatable bonds is 4. The van der Waals surface area contributed by atoms with E-state index in [0.717, 1.165) is 12.8 Å². The van der Waals surface area contributed by atoms with Crippen LogP contribution < -0.4 is 15.0 Å². The predicted molar refractivity (Wildman–Crippen MR) is 99.7 cm³/mol. The van der Waals surface area contributed by atoms with E-state index in [0.29, 0.717) is 16.3 Å². The standard InChI is InChI=1S/C19H22N2O3S/c1-4-7-13-10-17(25-12(13)2)19(23)21-11-16(18(22)20-3)24-15-9-6-5-8-14(15)21/h5-6,8-10,16H,4,7,11H2,1-3H3,(H,20,22)/t16-/m1/s1. The number of nitrogens with zero attached hydrogens (tertiary/aromatic N) is 1. The molecular formula is C19H22N2O3S. The lowest BCUT2D eigenvalue weighted by Crippen LogP contribution is -2.50. The number of hydrogen-bond acceptors (Lipinski definition) is 4. The molecule has 1 N–H and O–H groups in total. The molecule has 1 aliphatic heterocycles. The number of thiophene rings is 1. The minimum absolute atomic E-state index is 0.0832. The van der Waals surface area contributed by atoms with E-state index in [-0.39, 0.29) is 18.4 Å². The summed E-state index contributed by atoms with van der Waals surface area (Å²) in [5.41, 5.74) is 1.93. The predicted octanol–water partition coefficient (Wildman–Crippen LogP) is 3.16. The summed E-state index contributed by atoms with van der Waals surface area (Å²) in [4.78, 5) is 28.7. The summed E-state index contributed by atoms with van der Waals surface area (Å²) in [6, 6.07) is 9.32. The second-order valence-corrected chi connectivity index (χ2v) is 7.30. The highest BCUT2D eigenvalue weighted by Crippen LogP contribution is 2.35.